The molecule has 0 aromatic carbocycles. The monoisotopic (exact) mass is 265 g/mol. The van der Waals surface area contributed by atoms with Crippen LogP contribution in [0.3, 0.4) is 0 Å². The quantitative estimate of drug-likeness (QED) is 0.806. The van der Waals surface area contributed by atoms with Crippen molar-refractivity contribution in [3.63, 3.8) is 0 Å². The largest absolute Gasteiger partial charge is 0.334 e. The number of nitrogens with zero attached hydrogens (tertiary/aromatic N) is 1. The fourth-order valence-electron chi connectivity index (χ4n) is 3.47. The van der Waals surface area contributed by atoms with Gasteiger partial charge in [0.1, 0.15) is 12.2 Å². The third-order valence-electron chi connectivity index (χ3n) is 4.54. The van der Waals surface area contributed by atoms with Gasteiger partial charge in [0, 0.05) is 5.38 Å². The Labute approximate surface area is 114 Å². The molecule has 3 heteroatoms. The lowest BCUT2D eigenvalue weighted by Crippen LogP contribution is -2.42. The number of aromatic nitrogens is 1. The lowest BCUT2D eigenvalue weighted by atomic mass is 9.95. The van der Waals surface area contributed by atoms with Crippen LogP contribution in [0.1, 0.15) is 70.3 Å². The van der Waals surface area contributed by atoms with Gasteiger partial charge < -0.3 is 0 Å². The van der Waals surface area contributed by atoms with Gasteiger partial charge in [0.15, 0.2) is 0 Å². The van der Waals surface area contributed by atoms with E-state index in [0.29, 0.717) is 0 Å². The van der Waals surface area contributed by atoms with Crippen molar-refractivity contribution in [2.45, 2.75) is 76.3 Å². The lowest BCUT2D eigenvalue weighted by Gasteiger charge is -2.22. The summed E-state index contributed by atoms with van der Waals surface area (Å²) >= 11 is 1.89. The van der Waals surface area contributed by atoms with Crippen LogP contribution in [0.15, 0.2) is 11.6 Å². The minimum atomic E-state index is 0.729. The smallest absolute Gasteiger partial charge is 0.262 e. The predicted octanol–water partition coefficient (Wildman–Crippen LogP) is 4.29. The summed E-state index contributed by atoms with van der Waals surface area (Å²) in [6.07, 6.45) is 16.3. The van der Waals surface area contributed by atoms with Crippen molar-refractivity contribution in [1.29, 1.82) is 0 Å². The van der Waals surface area contributed by atoms with Crippen LogP contribution in [-0.4, -0.2) is 6.04 Å². The number of hydrogen-bond acceptors (Lipinski definition) is 2. The zero-order valence-electron chi connectivity index (χ0n) is 11.2. The molecule has 18 heavy (non-hydrogen) atoms. The van der Waals surface area contributed by atoms with Gasteiger partial charge in [-0.1, -0.05) is 24.2 Å². The van der Waals surface area contributed by atoms with Gasteiger partial charge >= 0.3 is 5.13 Å². The van der Waals surface area contributed by atoms with Crippen LogP contribution < -0.4 is 9.88 Å². The summed E-state index contributed by atoms with van der Waals surface area (Å²) in [6.45, 7) is 0. The molecule has 100 valence electrons. The highest BCUT2D eigenvalue weighted by Gasteiger charge is 2.26. The van der Waals surface area contributed by atoms with Crippen molar-refractivity contribution in [2.24, 2.45) is 0 Å². The number of hydrogen-bond donors (Lipinski definition) is 1. The molecule has 0 amide bonds. The number of thiazole rings is 1. The number of rotatable bonds is 3. The normalized spacial score (nSPS) is 23.1. The first-order chi connectivity index (χ1) is 8.93. The van der Waals surface area contributed by atoms with E-state index < -0.39 is 0 Å². The maximum absolute atomic E-state index is 3.81. The summed E-state index contributed by atoms with van der Waals surface area (Å²) in [5.74, 6) is 0. The van der Waals surface area contributed by atoms with Crippen LogP contribution in [0, 0.1) is 0 Å². The van der Waals surface area contributed by atoms with Gasteiger partial charge in [0.2, 0.25) is 0 Å². The third kappa shape index (κ3) is 2.87. The van der Waals surface area contributed by atoms with Crippen LogP contribution in [0.25, 0.3) is 0 Å². The Bertz CT molecular complexity index is 362. The molecular formula is C15H25N2S+. The van der Waals surface area contributed by atoms with Crippen molar-refractivity contribution in [2.75, 3.05) is 5.32 Å². The summed E-state index contributed by atoms with van der Waals surface area (Å²) in [4.78, 5) is 0. The summed E-state index contributed by atoms with van der Waals surface area (Å²) in [5, 5.41) is 7.47. The van der Waals surface area contributed by atoms with E-state index in [4.69, 9.17) is 0 Å². The first-order valence-electron chi connectivity index (χ1n) is 7.68. The molecule has 0 radical (unpaired) electrons. The van der Waals surface area contributed by atoms with E-state index in [2.05, 4.69) is 21.5 Å². The molecule has 1 aromatic rings. The molecule has 2 fully saturated rings. The van der Waals surface area contributed by atoms with E-state index in [0.717, 1.165) is 12.1 Å². The molecule has 0 atom stereocenters. The zero-order valence-corrected chi connectivity index (χ0v) is 12.1. The molecular weight excluding hydrogens is 240 g/mol. The van der Waals surface area contributed by atoms with E-state index in [1.807, 2.05) is 11.3 Å². The average Bonchev–Trinajstić information content (AvgIpc) is 2.89. The van der Waals surface area contributed by atoms with Crippen LogP contribution in [0.4, 0.5) is 5.13 Å². The van der Waals surface area contributed by atoms with E-state index in [1.54, 1.807) is 0 Å². The molecule has 2 aliphatic carbocycles. The molecule has 0 spiro atoms. The maximum atomic E-state index is 3.81. The van der Waals surface area contributed by atoms with Gasteiger partial charge in [-0.15, -0.1) is 0 Å². The highest BCUT2D eigenvalue weighted by molar-refractivity contribution is 7.13. The first kappa shape index (κ1) is 12.5. The summed E-state index contributed by atoms with van der Waals surface area (Å²) in [7, 11) is 0. The fraction of sp³-hybridized carbons (Fsp3) is 0.800. The Morgan fingerprint density at radius 3 is 2.33 bits per heavy atom. The van der Waals surface area contributed by atoms with Gasteiger partial charge in [-0.05, 0) is 51.4 Å². The van der Waals surface area contributed by atoms with Crippen molar-refractivity contribution < 1.29 is 4.57 Å². The lowest BCUT2D eigenvalue weighted by molar-refractivity contribution is -0.708. The Kier molecular flexibility index (Phi) is 4.19. The van der Waals surface area contributed by atoms with Crippen LogP contribution in [-0.2, 0) is 0 Å². The Hall–Kier alpha value is -0.570. The fourth-order valence-corrected chi connectivity index (χ4v) is 4.35. The van der Waals surface area contributed by atoms with E-state index in [9.17, 15) is 0 Å². The Balaban J connectivity index is 1.66. The Morgan fingerprint density at radius 1 is 0.944 bits per heavy atom. The molecule has 2 saturated carbocycles. The van der Waals surface area contributed by atoms with Gasteiger partial charge in [0.25, 0.3) is 0 Å². The molecule has 1 aromatic heterocycles. The number of anilines is 1. The van der Waals surface area contributed by atoms with Gasteiger partial charge in [-0.25, -0.2) is 4.57 Å². The van der Waals surface area contributed by atoms with Crippen LogP contribution in [0.5, 0.6) is 0 Å². The molecule has 0 unspecified atom stereocenters. The topological polar surface area (TPSA) is 15.9 Å². The minimum absolute atomic E-state index is 0.729. The summed E-state index contributed by atoms with van der Waals surface area (Å²) in [6, 6.07) is 1.49. The van der Waals surface area contributed by atoms with E-state index in [1.165, 1.54) is 69.3 Å². The van der Waals surface area contributed by atoms with Crippen molar-refractivity contribution >= 4 is 16.5 Å². The second-order valence-electron chi connectivity index (χ2n) is 5.89. The maximum Gasteiger partial charge on any atom is 0.334 e. The molecule has 1 N–H and O–H groups in total. The highest BCUT2D eigenvalue weighted by atomic mass is 32.1. The Morgan fingerprint density at radius 2 is 1.61 bits per heavy atom. The zero-order chi connectivity index (χ0) is 12.2. The molecule has 2 nitrogen and oxygen atoms in total. The molecule has 3 rings (SSSR count). The summed E-state index contributed by atoms with van der Waals surface area (Å²) < 4.78 is 2.53. The predicted molar refractivity (Wildman–Crippen MR) is 77.1 cm³/mol. The molecule has 0 saturated heterocycles. The minimum Gasteiger partial charge on any atom is -0.262 e. The standard InChI is InChI=1S/C15H24N2S/c1-3-7-13(8-4-1)16-15-17(11-12-18-15)14-9-5-2-6-10-14/h11-14H,1-10H2/p+1. The molecule has 2 aliphatic rings. The van der Waals surface area contributed by atoms with Crippen molar-refractivity contribution in [3.05, 3.63) is 11.6 Å². The van der Waals surface area contributed by atoms with E-state index in [-0.39, 0.29) is 0 Å². The SMILES string of the molecule is c1c[n+](C2CCCCC2)c(NC2CCCCC2)s1. The van der Waals surface area contributed by atoms with Gasteiger partial charge in [0.05, 0.1) is 6.04 Å². The first-order valence-corrected chi connectivity index (χ1v) is 8.56. The van der Waals surface area contributed by atoms with Gasteiger partial charge in [-0.3, -0.25) is 5.32 Å². The van der Waals surface area contributed by atoms with Crippen LogP contribution in [0.2, 0.25) is 0 Å². The molecule has 0 aliphatic heterocycles. The number of nitrogens with one attached hydrogen (secondary N) is 1. The summed E-state index contributed by atoms with van der Waals surface area (Å²) in [5.41, 5.74) is 0. The van der Waals surface area contributed by atoms with Gasteiger partial charge in [-0.2, -0.15) is 0 Å². The average molecular weight is 265 g/mol. The van der Waals surface area contributed by atoms with Crippen molar-refractivity contribution in [3.8, 4) is 0 Å². The third-order valence-corrected chi connectivity index (χ3v) is 5.35. The van der Waals surface area contributed by atoms with Crippen LogP contribution >= 0.6 is 11.3 Å². The second-order valence-corrected chi connectivity index (χ2v) is 6.78. The second kappa shape index (κ2) is 6.05. The van der Waals surface area contributed by atoms with E-state index >= 15 is 0 Å². The molecule has 1 heterocycles. The highest BCUT2D eigenvalue weighted by Crippen LogP contribution is 2.28. The van der Waals surface area contributed by atoms with Crippen molar-refractivity contribution in [1.82, 2.24) is 0 Å². The molecule has 0 bridgehead atoms.